The Morgan fingerprint density at radius 3 is 1.60 bits per heavy atom. The van der Waals surface area contributed by atoms with Gasteiger partial charge in [-0.3, -0.25) is 0 Å². The molecule has 0 spiro atoms. The first kappa shape index (κ1) is 27.2. The first-order chi connectivity index (χ1) is 19.8. The van der Waals surface area contributed by atoms with Gasteiger partial charge in [0.2, 0.25) is 0 Å². The third kappa shape index (κ3) is 6.84. The van der Waals surface area contributed by atoms with Crippen molar-refractivity contribution in [1.29, 1.82) is 0 Å². The number of fused-ring (bicyclic) bond motifs is 2. The van der Waals surface area contributed by atoms with Crippen molar-refractivity contribution in [2.75, 3.05) is 6.61 Å². The molecule has 0 unspecified atom stereocenters. The second kappa shape index (κ2) is 13.6. The normalized spacial score (nSPS) is 25.6. The number of ether oxygens (including phenoxy) is 5. The zero-order valence-corrected chi connectivity index (χ0v) is 23.1. The molecular weight excluding hydrogens is 520 g/mol. The molecule has 0 aliphatic carbocycles. The van der Waals surface area contributed by atoms with E-state index in [4.69, 9.17) is 23.7 Å². The minimum absolute atomic E-state index is 0.253. The summed E-state index contributed by atoms with van der Waals surface area (Å²) in [7, 11) is 0. The number of hydrogen-bond donors (Lipinski definition) is 0. The minimum Gasteiger partial charge on any atom is -0.374 e. The molecule has 2 aliphatic heterocycles. The molecule has 5 nitrogen and oxygen atoms in total. The minimum atomic E-state index is -0.332. The van der Waals surface area contributed by atoms with Gasteiger partial charge in [0.15, 0.2) is 0 Å². The Balaban J connectivity index is 1.22. The Labute approximate surface area is 240 Å². The van der Waals surface area contributed by atoms with Gasteiger partial charge in [0.05, 0.1) is 26.4 Å². The van der Waals surface area contributed by atoms with E-state index in [0.717, 1.165) is 21.6 Å². The fourth-order valence-electron chi connectivity index (χ4n) is 5.20. The lowest BCUT2D eigenvalue weighted by atomic mass is 10.00. The van der Waals surface area contributed by atoms with Gasteiger partial charge in [0.25, 0.3) is 0 Å². The molecule has 40 heavy (non-hydrogen) atoms. The second-order valence-electron chi connectivity index (χ2n) is 10.1. The highest BCUT2D eigenvalue weighted by Crippen LogP contribution is 2.43. The second-order valence-corrected chi connectivity index (χ2v) is 11.2. The predicted molar refractivity (Wildman–Crippen MR) is 156 cm³/mol. The van der Waals surface area contributed by atoms with Crippen LogP contribution >= 0.6 is 11.8 Å². The summed E-state index contributed by atoms with van der Waals surface area (Å²) in [5.74, 6) is 0. The van der Waals surface area contributed by atoms with Crippen molar-refractivity contribution in [3.8, 4) is 0 Å². The maximum absolute atomic E-state index is 6.81. The maximum atomic E-state index is 6.81. The van der Waals surface area contributed by atoms with Crippen LogP contribution in [0.1, 0.15) is 16.7 Å². The average molecular weight is 555 g/mol. The number of rotatable bonds is 12. The summed E-state index contributed by atoms with van der Waals surface area (Å²) in [6.45, 7) is 1.87. The quantitative estimate of drug-likeness (QED) is 0.195. The van der Waals surface area contributed by atoms with E-state index in [1.165, 1.54) is 0 Å². The highest BCUT2D eigenvalue weighted by Gasteiger charge is 2.57. The van der Waals surface area contributed by atoms with E-state index in [0.29, 0.717) is 26.4 Å². The Kier molecular flexibility index (Phi) is 9.25. The molecule has 4 aromatic carbocycles. The van der Waals surface area contributed by atoms with E-state index in [-0.39, 0.29) is 36.0 Å². The Bertz CT molecular complexity index is 1290. The number of hydrogen-bond acceptors (Lipinski definition) is 6. The smallest absolute Gasteiger partial charge is 0.137 e. The molecule has 0 amide bonds. The van der Waals surface area contributed by atoms with Gasteiger partial charge in [-0.2, -0.15) is 0 Å². The summed E-state index contributed by atoms with van der Waals surface area (Å²) >= 11 is 1.67. The highest BCUT2D eigenvalue weighted by atomic mass is 32.2. The summed E-state index contributed by atoms with van der Waals surface area (Å²) in [6, 6.07) is 40.9. The number of benzene rings is 4. The van der Waals surface area contributed by atoms with Crippen LogP contribution in [0, 0.1) is 0 Å². The first-order valence-corrected chi connectivity index (χ1v) is 14.7. The zero-order chi connectivity index (χ0) is 27.0. The largest absolute Gasteiger partial charge is 0.374 e. The van der Waals surface area contributed by atoms with Crippen LogP contribution < -0.4 is 0 Å². The van der Waals surface area contributed by atoms with Crippen LogP contribution in [0.2, 0.25) is 0 Å². The standard InChI is InChI=1S/C34H34O5S/c1-5-13-25(14-6-1)21-35-24-29-30-31(36-22-26-15-7-2-8-16-26)32(38-29)33(37-23-27-17-9-3-10-18-27)34(39-30)40-28-19-11-4-12-20-28/h1-20,29-34H,21-24H2/t29-,30+,31+,32-,33-,34+/m0/s1. The van der Waals surface area contributed by atoms with Gasteiger partial charge in [0.1, 0.15) is 36.0 Å². The van der Waals surface area contributed by atoms with Crippen molar-refractivity contribution in [3.63, 3.8) is 0 Å². The van der Waals surface area contributed by atoms with E-state index in [9.17, 15) is 0 Å². The zero-order valence-electron chi connectivity index (χ0n) is 22.3. The first-order valence-electron chi connectivity index (χ1n) is 13.8. The fraction of sp³-hybridized carbons (Fsp3) is 0.294. The third-order valence-electron chi connectivity index (χ3n) is 7.19. The van der Waals surface area contributed by atoms with Gasteiger partial charge < -0.3 is 23.7 Å². The van der Waals surface area contributed by atoms with Crippen LogP contribution in [0.3, 0.4) is 0 Å². The van der Waals surface area contributed by atoms with Crippen molar-refractivity contribution in [2.45, 2.75) is 60.7 Å². The average Bonchev–Trinajstić information content (AvgIpc) is 3.26. The Morgan fingerprint density at radius 2 is 1.02 bits per heavy atom. The molecule has 0 saturated carbocycles. The van der Waals surface area contributed by atoms with Gasteiger partial charge in [-0.05, 0) is 28.8 Å². The van der Waals surface area contributed by atoms with Crippen LogP contribution in [0.15, 0.2) is 126 Å². The lowest BCUT2D eigenvalue weighted by Gasteiger charge is -2.39. The molecule has 6 rings (SSSR count). The van der Waals surface area contributed by atoms with Crippen LogP contribution in [0.25, 0.3) is 0 Å². The van der Waals surface area contributed by atoms with E-state index in [2.05, 4.69) is 48.5 Å². The van der Waals surface area contributed by atoms with Crippen molar-refractivity contribution in [2.24, 2.45) is 0 Å². The SMILES string of the molecule is c1ccc(COC[C@@H]2O[C@H]3[C@H](OCc4ccccc4)[C@@H]2O[C@H](Sc2ccccc2)[C@H]3OCc2ccccc2)cc1. The molecule has 4 aromatic rings. The van der Waals surface area contributed by atoms with E-state index >= 15 is 0 Å². The van der Waals surface area contributed by atoms with Gasteiger partial charge in [0, 0.05) is 4.90 Å². The summed E-state index contributed by atoms with van der Waals surface area (Å²) in [5.41, 5.74) is 3.09. The van der Waals surface area contributed by atoms with Crippen LogP contribution in [0.5, 0.6) is 0 Å². The van der Waals surface area contributed by atoms with Crippen molar-refractivity contribution in [1.82, 2.24) is 0 Å². The summed E-state index contributed by atoms with van der Waals surface area (Å²) in [5, 5.41) is 0. The van der Waals surface area contributed by atoms with E-state index in [1.807, 2.05) is 72.8 Å². The van der Waals surface area contributed by atoms with Crippen molar-refractivity contribution in [3.05, 3.63) is 138 Å². The van der Waals surface area contributed by atoms with Gasteiger partial charge in [-0.1, -0.05) is 121 Å². The molecule has 2 heterocycles. The summed E-state index contributed by atoms with van der Waals surface area (Å²) in [6.07, 6.45) is -1.45. The third-order valence-corrected chi connectivity index (χ3v) is 8.34. The molecule has 2 aliphatic rings. The van der Waals surface area contributed by atoms with Gasteiger partial charge in [-0.25, -0.2) is 0 Å². The van der Waals surface area contributed by atoms with Crippen molar-refractivity contribution >= 4 is 11.8 Å². The molecule has 6 atom stereocenters. The lowest BCUT2D eigenvalue weighted by Crippen LogP contribution is -2.54. The van der Waals surface area contributed by atoms with Gasteiger partial charge in [-0.15, -0.1) is 0 Å². The van der Waals surface area contributed by atoms with Crippen LogP contribution in [-0.2, 0) is 43.5 Å². The fourth-order valence-corrected chi connectivity index (χ4v) is 6.33. The summed E-state index contributed by atoms with van der Waals surface area (Å²) in [4.78, 5) is 1.13. The highest BCUT2D eigenvalue weighted by molar-refractivity contribution is 7.99. The molecule has 2 bridgehead atoms. The molecule has 0 N–H and O–H groups in total. The number of thioether (sulfide) groups is 1. The van der Waals surface area contributed by atoms with Gasteiger partial charge >= 0.3 is 0 Å². The molecule has 2 saturated heterocycles. The topological polar surface area (TPSA) is 46.2 Å². The van der Waals surface area contributed by atoms with E-state index < -0.39 is 0 Å². The predicted octanol–water partition coefficient (Wildman–Crippen LogP) is 6.66. The molecule has 6 heteroatoms. The van der Waals surface area contributed by atoms with Crippen LogP contribution in [0.4, 0.5) is 0 Å². The molecule has 0 aromatic heterocycles. The maximum Gasteiger partial charge on any atom is 0.137 e. The molecular formula is C34H34O5S. The lowest BCUT2D eigenvalue weighted by molar-refractivity contribution is -0.182. The molecule has 206 valence electrons. The van der Waals surface area contributed by atoms with E-state index in [1.54, 1.807) is 11.8 Å². The van der Waals surface area contributed by atoms with Crippen molar-refractivity contribution < 1.29 is 23.7 Å². The molecule has 2 fully saturated rings. The monoisotopic (exact) mass is 554 g/mol. The Hall–Kier alpha value is -2.97. The Morgan fingerprint density at radius 1 is 0.525 bits per heavy atom. The molecule has 0 radical (unpaired) electrons. The van der Waals surface area contributed by atoms with Crippen LogP contribution in [-0.4, -0.2) is 42.6 Å². The summed E-state index contributed by atoms with van der Waals surface area (Å²) < 4.78 is 32.8.